The maximum Gasteiger partial charge on any atom is 0.169 e. The van der Waals surface area contributed by atoms with Gasteiger partial charge in [-0.2, -0.15) is 0 Å². The Morgan fingerprint density at radius 1 is 1.29 bits per heavy atom. The predicted molar refractivity (Wildman–Crippen MR) is 87.5 cm³/mol. The summed E-state index contributed by atoms with van der Waals surface area (Å²) in [7, 11) is 1.85. The van der Waals surface area contributed by atoms with Crippen LogP contribution in [0.15, 0.2) is 29.6 Å². The second-order valence-corrected chi connectivity index (χ2v) is 5.88. The van der Waals surface area contributed by atoms with Gasteiger partial charge in [0.2, 0.25) is 0 Å². The lowest BCUT2D eigenvalue weighted by Crippen LogP contribution is -2.04. The number of nitrogens with one attached hydrogen (secondary N) is 1. The Labute approximate surface area is 131 Å². The fraction of sp³-hybridized carbons (Fsp3) is 0.200. The molecular weight excluding hydrogens is 306 g/mol. The zero-order valence-corrected chi connectivity index (χ0v) is 13.3. The van der Waals surface area contributed by atoms with Crippen LogP contribution in [-0.4, -0.2) is 17.0 Å². The van der Waals surface area contributed by atoms with E-state index in [1.54, 1.807) is 11.3 Å². The Bertz CT molecular complexity index is 788. The van der Waals surface area contributed by atoms with Gasteiger partial charge in [0.15, 0.2) is 5.82 Å². The number of thiophene rings is 1. The highest BCUT2D eigenvalue weighted by Gasteiger charge is 2.08. The van der Waals surface area contributed by atoms with E-state index in [4.69, 9.17) is 16.3 Å². The summed E-state index contributed by atoms with van der Waals surface area (Å²) in [6.07, 6.45) is 0. The van der Waals surface area contributed by atoms with Crippen molar-refractivity contribution in [3.63, 3.8) is 0 Å². The van der Waals surface area contributed by atoms with Crippen molar-refractivity contribution in [3.8, 4) is 5.75 Å². The Kier molecular flexibility index (Phi) is 3.94. The van der Waals surface area contributed by atoms with E-state index >= 15 is 0 Å². The van der Waals surface area contributed by atoms with Crippen molar-refractivity contribution in [2.45, 2.75) is 13.5 Å². The summed E-state index contributed by atoms with van der Waals surface area (Å²) in [5, 5.41) is 6.87. The Balaban J connectivity index is 1.82. The van der Waals surface area contributed by atoms with Gasteiger partial charge in [-0.15, -0.1) is 11.3 Å². The third kappa shape index (κ3) is 2.94. The molecule has 0 unspecified atom stereocenters. The number of ether oxygens (including phenoxy) is 1. The Morgan fingerprint density at radius 3 is 2.90 bits per heavy atom. The van der Waals surface area contributed by atoms with E-state index in [0.29, 0.717) is 12.4 Å². The van der Waals surface area contributed by atoms with Gasteiger partial charge in [0.1, 0.15) is 23.0 Å². The standard InChI is InChI=1S/C15H14ClN3OS/c1-9-7-10(3-4-12(9)16)20-8-13-18-14(17-2)11-5-6-21-15(11)19-13/h3-7H,8H2,1-2H3,(H,17,18,19). The number of halogens is 1. The van der Waals surface area contributed by atoms with Crippen LogP contribution in [0.2, 0.25) is 5.02 Å². The molecule has 3 aromatic rings. The highest BCUT2D eigenvalue weighted by Crippen LogP contribution is 2.25. The first-order valence-electron chi connectivity index (χ1n) is 6.48. The smallest absolute Gasteiger partial charge is 0.169 e. The lowest BCUT2D eigenvalue weighted by Gasteiger charge is -2.08. The summed E-state index contributed by atoms with van der Waals surface area (Å²) in [5.41, 5.74) is 0.986. The molecule has 21 heavy (non-hydrogen) atoms. The van der Waals surface area contributed by atoms with E-state index in [-0.39, 0.29) is 0 Å². The van der Waals surface area contributed by atoms with Crippen LogP contribution in [0.5, 0.6) is 5.75 Å². The number of benzene rings is 1. The maximum absolute atomic E-state index is 6.00. The topological polar surface area (TPSA) is 47.0 Å². The third-order valence-electron chi connectivity index (χ3n) is 3.11. The second-order valence-electron chi connectivity index (χ2n) is 4.58. The lowest BCUT2D eigenvalue weighted by molar-refractivity contribution is 0.296. The zero-order valence-electron chi connectivity index (χ0n) is 11.7. The van der Waals surface area contributed by atoms with E-state index in [2.05, 4.69) is 15.3 Å². The van der Waals surface area contributed by atoms with Crippen LogP contribution in [0.3, 0.4) is 0 Å². The van der Waals surface area contributed by atoms with Crippen LogP contribution in [0.1, 0.15) is 11.4 Å². The van der Waals surface area contributed by atoms with Gasteiger partial charge in [0.25, 0.3) is 0 Å². The normalized spacial score (nSPS) is 10.8. The van der Waals surface area contributed by atoms with E-state index in [1.807, 2.05) is 43.6 Å². The molecule has 0 saturated heterocycles. The van der Waals surface area contributed by atoms with Crippen LogP contribution in [0.25, 0.3) is 10.2 Å². The summed E-state index contributed by atoms with van der Waals surface area (Å²) < 4.78 is 5.75. The minimum Gasteiger partial charge on any atom is -0.486 e. The van der Waals surface area contributed by atoms with Gasteiger partial charge in [-0.25, -0.2) is 9.97 Å². The minimum atomic E-state index is 0.323. The summed E-state index contributed by atoms with van der Waals surface area (Å²) >= 11 is 7.60. The average Bonchev–Trinajstić information content (AvgIpc) is 2.96. The maximum atomic E-state index is 6.00. The molecule has 0 bridgehead atoms. The summed E-state index contributed by atoms with van der Waals surface area (Å²) in [4.78, 5) is 9.95. The minimum absolute atomic E-state index is 0.323. The molecule has 108 valence electrons. The molecule has 0 amide bonds. The molecule has 2 aromatic heterocycles. The number of hydrogen-bond acceptors (Lipinski definition) is 5. The molecule has 4 nitrogen and oxygen atoms in total. The van der Waals surface area contributed by atoms with E-state index < -0.39 is 0 Å². The SMILES string of the molecule is CNc1nc(COc2ccc(Cl)c(C)c2)nc2sccc12. The van der Waals surface area contributed by atoms with Crippen LogP contribution < -0.4 is 10.1 Å². The molecule has 6 heteroatoms. The summed E-state index contributed by atoms with van der Waals surface area (Å²) in [5.74, 6) is 2.24. The molecule has 0 saturated carbocycles. The quantitative estimate of drug-likeness (QED) is 0.780. The first-order valence-corrected chi connectivity index (χ1v) is 7.74. The Morgan fingerprint density at radius 2 is 2.14 bits per heavy atom. The van der Waals surface area contributed by atoms with E-state index in [9.17, 15) is 0 Å². The number of anilines is 1. The van der Waals surface area contributed by atoms with Gasteiger partial charge in [-0.3, -0.25) is 0 Å². The zero-order chi connectivity index (χ0) is 14.8. The molecule has 0 fully saturated rings. The van der Waals surface area contributed by atoms with Crippen molar-refractivity contribution in [1.29, 1.82) is 0 Å². The molecule has 0 aliphatic carbocycles. The van der Waals surface area contributed by atoms with E-state index in [0.717, 1.165) is 32.4 Å². The fourth-order valence-corrected chi connectivity index (χ4v) is 2.91. The molecular formula is C15H14ClN3OS. The monoisotopic (exact) mass is 319 g/mol. The highest BCUT2D eigenvalue weighted by molar-refractivity contribution is 7.16. The van der Waals surface area contributed by atoms with Crippen molar-refractivity contribution in [2.75, 3.05) is 12.4 Å². The number of rotatable bonds is 4. The first kappa shape index (κ1) is 14.1. The summed E-state index contributed by atoms with van der Waals surface area (Å²) in [6.45, 7) is 2.27. The number of aryl methyl sites for hydroxylation is 1. The van der Waals surface area contributed by atoms with Crippen molar-refractivity contribution in [2.24, 2.45) is 0 Å². The van der Waals surface area contributed by atoms with Crippen molar-refractivity contribution < 1.29 is 4.74 Å². The molecule has 3 rings (SSSR count). The first-order chi connectivity index (χ1) is 10.2. The van der Waals surface area contributed by atoms with Crippen LogP contribution in [0.4, 0.5) is 5.82 Å². The number of hydrogen-bond donors (Lipinski definition) is 1. The van der Waals surface area contributed by atoms with Crippen LogP contribution >= 0.6 is 22.9 Å². The average molecular weight is 320 g/mol. The van der Waals surface area contributed by atoms with Gasteiger partial charge in [-0.05, 0) is 42.1 Å². The fourth-order valence-electron chi connectivity index (χ4n) is 2.01. The highest BCUT2D eigenvalue weighted by atomic mass is 35.5. The Hall–Kier alpha value is -1.85. The van der Waals surface area contributed by atoms with Gasteiger partial charge < -0.3 is 10.1 Å². The lowest BCUT2D eigenvalue weighted by atomic mass is 10.2. The van der Waals surface area contributed by atoms with Gasteiger partial charge >= 0.3 is 0 Å². The molecule has 1 N–H and O–H groups in total. The van der Waals surface area contributed by atoms with Gasteiger partial charge in [0.05, 0.1) is 5.39 Å². The molecule has 0 spiro atoms. The molecule has 0 aliphatic rings. The van der Waals surface area contributed by atoms with Crippen LogP contribution in [0, 0.1) is 6.92 Å². The van der Waals surface area contributed by atoms with Crippen molar-refractivity contribution in [1.82, 2.24) is 9.97 Å². The van der Waals surface area contributed by atoms with E-state index in [1.165, 1.54) is 0 Å². The van der Waals surface area contributed by atoms with Gasteiger partial charge in [-0.1, -0.05) is 11.6 Å². The van der Waals surface area contributed by atoms with Crippen molar-refractivity contribution in [3.05, 3.63) is 46.1 Å². The van der Waals surface area contributed by atoms with Crippen LogP contribution in [-0.2, 0) is 6.61 Å². The number of aromatic nitrogens is 2. The van der Waals surface area contributed by atoms with Gasteiger partial charge in [0, 0.05) is 12.1 Å². The molecule has 0 radical (unpaired) electrons. The molecule has 0 aliphatic heterocycles. The number of nitrogens with zero attached hydrogens (tertiary/aromatic N) is 2. The summed E-state index contributed by atoms with van der Waals surface area (Å²) in [6, 6.07) is 7.59. The predicted octanol–water partition coefficient (Wildman–Crippen LogP) is 4.27. The van der Waals surface area contributed by atoms with Crippen molar-refractivity contribution >= 4 is 39.0 Å². The molecule has 1 aromatic carbocycles. The second kappa shape index (κ2) is 5.87. The number of fused-ring (bicyclic) bond motifs is 1. The largest absolute Gasteiger partial charge is 0.486 e. The molecule has 0 atom stereocenters. The third-order valence-corrected chi connectivity index (χ3v) is 4.34. The molecule has 2 heterocycles.